The Bertz CT molecular complexity index is 424. The van der Waals surface area contributed by atoms with Gasteiger partial charge < -0.3 is 4.74 Å². The van der Waals surface area contributed by atoms with Crippen molar-refractivity contribution in [3.05, 3.63) is 33.8 Å². The minimum Gasteiger partial charge on any atom is -0.459 e. The molecule has 0 aliphatic carbocycles. The van der Waals surface area contributed by atoms with E-state index in [-0.39, 0.29) is 11.9 Å². The molecule has 0 aromatic heterocycles. The van der Waals surface area contributed by atoms with Crippen LogP contribution < -0.4 is 0 Å². The average molecular weight is 285 g/mol. The molecule has 0 atom stereocenters. The molecule has 3 nitrogen and oxygen atoms in total. The number of esters is 1. The first-order chi connectivity index (χ1) is 7.41. The number of rotatable bonds is 3. The van der Waals surface area contributed by atoms with Crippen LogP contribution in [-0.4, -0.2) is 17.9 Å². The summed E-state index contributed by atoms with van der Waals surface area (Å²) >= 11 is 3.26. The first-order valence-electron chi connectivity index (χ1n) is 4.93. The summed E-state index contributed by atoms with van der Waals surface area (Å²) in [6.45, 7) is 5.02. The molecule has 86 valence electrons. The molecule has 1 aromatic carbocycles. The second-order valence-electron chi connectivity index (χ2n) is 3.70. The van der Waals surface area contributed by atoms with Gasteiger partial charge in [0.2, 0.25) is 0 Å². The summed E-state index contributed by atoms with van der Waals surface area (Å²) in [7, 11) is 0. The van der Waals surface area contributed by atoms with Crippen LogP contribution in [0.2, 0.25) is 0 Å². The van der Waals surface area contributed by atoms with Crippen LogP contribution in [0.4, 0.5) is 0 Å². The molecule has 0 saturated carbocycles. The van der Waals surface area contributed by atoms with Crippen molar-refractivity contribution in [2.75, 3.05) is 0 Å². The van der Waals surface area contributed by atoms with Crippen LogP contribution in [0.15, 0.2) is 22.7 Å². The molecule has 0 aliphatic heterocycles. The van der Waals surface area contributed by atoms with E-state index in [2.05, 4.69) is 15.9 Å². The Morgan fingerprint density at radius 3 is 2.44 bits per heavy atom. The maximum absolute atomic E-state index is 11.6. The molecular formula is C12H13BrO3. The van der Waals surface area contributed by atoms with E-state index in [1.807, 2.05) is 0 Å². The topological polar surface area (TPSA) is 43.4 Å². The van der Waals surface area contributed by atoms with Crippen molar-refractivity contribution in [3.63, 3.8) is 0 Å². The Morgan fingerprint density at radius 2 is 1.94 bits per heavy atom. The summed E-state index contributed by atoms with van der Waals surface area (Å²) in [5.41, 5.74) is 0.875. The number of hydrogen-bond acceptors (Lipinski definition) is 3. The summed E-state index contributed by atoms with van der Waals surface area (Å²) in [5, 5.41) is 0. The van der Waals surface area contributed by atoms with Crippen molar-refractivity contribution >= 4 is 27.7 Å². The monoisotopic (exact) mass is 284 g/mol. The van der Waals surface area contributed by atoms with Gasteiger partial charge in [0.15, 0.2) is 5.78 Å². The number of ketones is 1. The normalized spacial score (nSPS) is 10.3. The lowest BCUT2D eigenvalue weighted by molar-refractivity contribution is 0.0378. The molecule has 0 radical (unpaired) electrons. The summed E-state index contributed by atoms with van der Waals surface area (Å²) in [6.07, 6.45) is -0.170. The fourth-order valence-corrected chi connectivity index (χ4v) is 1.73. The fraction of sp³-hybridized carbons (Fsp3) is 0.333. The maximum Gasteiger partial charge on any atom is 0.338 e. The number of Topliss-reactive ketones (excluding diaryl/α,β-unsaturated/α-hetero) is 1. The summed E-state index contributed by atoms with van der Waals surface area (Å²) < 4.78 is 5.73. The number of carbonyl (C=O) groups is 2. The van der Waals surface area contributed by atoms with Gasteiger partial charge in [0.1, 0.15) is 0 Å². The molecule has 16 heavy (non-hydrogen) atoms. The van der Waals surface area contributed by atoms with Gasteiger partial charge in [0.05, 0.1) is 11.7 Å². The maximum atomic E-state index is 11.6. The lowest BCUT2D eigenvalue weighted by Crippen LogP contribution is -2.12. The van der Waals surface area contributed by atoms with E-state index in [0.29, 0.717) is 15.6 Å². The molecule has 0 spiro atoms. The van der Waals surface area contributed by atoms with E-state index in [4.69, 9.17) is 4.74 Å². The van der Waals surface area contributed by atoms with Crippen LogP contribution in [0.3, 0.4) is 0 Å². The highest BCUT2D eigenvalue weighted by Gasteiger charge is 2.13. The Morgan fingerprint density at radius 1 is 1.31 bits per heavy atom. The third-order valence-electron chi connectivity index (χ3n) is 1.92. The third kappa shape index (κ3) is 3.17. The Hall–Kier alpha value is -1.16. The van der Waals surface area contributed by atoms with Crippen LogP contribution in [0.1, 0.15) is 41.5 Å². The van der Waals surface area contributed by atoms with Crippen LogP contribution in [0.25, 0.3) is 0 Å². The largest absolute Gasteiger partial charge is 0.459 e. The molecule has 0 fully saturated rings. The predicted octanol–water partition coefficient (Wildman–Crippen LogP) is 3.22. The van der Waals surface area contributed by atoms with Crippen molar-refractivity contribution in [2.24, 2.45) is 0 Å². The zero-order valence-electron chi connectivity index (χ0n) is 9.41. The minimum atomic E-state index is -0.412. The molecule has 0 N–H and O–H groups in total. The van der Waals surface area contributed by atoms with E-state index < -0.39 is 5.97 Å². The van der Waals surface area contributed by atoms with E-state index in [1.165, 1.54) is 13.0 Å². The van der Waals surface area contributed by atoms with Crippen molar-refractivity contribution in [1.29, 1.82) is 0 Å². The first kappa shape index (κ1) is 12.9. The van der Waals surface area contributed by atoms with Crippen molar-refractivity contribution in [1.82, 2.24) is 0 Å². The fourth-order valence-electron chi connectivity index (χ4n) is 1.20. The van der Waals surface area contributed by atoms with Gasteiger partial charge in [0.25, 0.3) is 0 Å². The molecule has 0 heterocycles. The standard InChI is InChI=1S/C12H13BrO3/c1-7(2)16-12(15)9-4-5-11(13)10(6-9)8(3)14/h4-7H,1-3H3. The molecule has 0 amide bonds. The highest BCUT2D eigenvalue weighted by atomic mass is 79.9. The van der Waals surface area contributed by atoms with Gasteiger partial charge in [-0.05, 0) is 39.0 Å². The summed E-state index contributed by atoms with van der Waals surface area (Å²) in [4.78, 5) is 22.9. The van der Waals surface area contributed by atoms with Gasteiger partial charge in [-0.25, -0.2) is 4.79 Å². The highest BCUT2D eigenvalue weighted by molar-refractivity contribution is 9.10. The SMILES string of the molecule is CC(=O)c1cc(C(=O)OC(C)C)ccc1Br. The van der Waals surface area contributed by atoms with Gasteiger partial charge in [-0.1, -0.05) is 15.9 Å². The van der Waals surface area contributed by atoms with Crippen molar-refractivity contribution < 1.29 is 14.3 Å². The first-order valence-corrected chi connectivity index (χ1v) is 5.72. The van der Waals surface area contributed by atoms with Gasteiger partial charge in [-0.3, -0.25) is 4.79 Å². The van der Waals surface area contributed by atoms with Gasteiger partial charge >= 0.3 is 5.97 Å². The van der Waals surface area contributed by atoms with E-state index >= 15 is 0 Å². The van der Waals surface area contributed by atoms with Crippen molar-refractivity contribution in [2.45, 2.75) is 26.9 Å². The molecule has 1 rings (SSSR count). The minimum absolute atomic E-state index is 0.0916. The van der Waals surface area contributed by atoms with Crippen LogP contribution in [0.5, 0.6) is 0 Å². The number of ether oxygens (including phenoxy) is 1. The molecule has 0 aliphatic rings. The van der Waals surface area contributed by atoms with Crippen LogP contribution >= 0.6 is 15.9 Å². The van der Waals surface area contributed by atoms with Gasteiger partial charge in [0, 0.05) is 10.0 Å². The second kappa shape index (κ2) is 5.25. The summed E-state index contributed by atoms with van der Waals surface area (Å²) in [5.74, 6) is -0.504. The van der Waals surface area contributed by atoms with Gasteiger partial charge in [-0.15, -0.1) is 0 Å². The second-order valence-corrected chi connectivity index (χ2v) is 4.56. The number of carbonyl (C=O) groups excluding carboxylic acids is 2. The van der Waals surface area contributed by atoms with E-state index in [9.17, 15) is 9.59 Å². The summed E-state index contributed by atoms with van der Waals surface area (Å²) in [6, 6.07) is 4.84. The predicted molar refractivity (Wildman–Crippen MR) is 64.7 cm³/mol. The number of hydrogen-bond donors (Lipinski definition) is 0. The van der Waals surface area contributed by atoms with E-state index in [0.717, 1.165) is 0 Å². The molecule has 1 aromatic rings. The van der Waals surface area contributed by atoms with Gasteiger partial charge in [-0.2, -0.15) is 0 Å². The molecular weight excluding hydrogens is 272 g/mol. The zero-order valence-corrected chi connectivity index (χ0v) is 11.0. The Kier molecular flexibility index (Phi) is 4.24. The molecule has 0 unspecified atom stereocenters. The Balaban J connectivity index is 3.03. The average Bonchev–Trinajstić information content (AvgIpc) is 2.16. The molecule has 0 bridgehead atoms. The number of benzene rings is 1. The molecule has 4 heteroatoms. The molecule has 0 saturated heterocycles. The number of halogens is 1. The van der Waals surface area contributed by atoms with Crippen LogP contribution in [-0.2, 0) is 4.74 Å². The zero-order chi connectivity index (χ0) is 12.3. The lowest BCUT2D eigenvalue weighted by Gasteiger charge is -2.09. The smallest absolute Gasteiger partial charge is 0.338 e. The third-order valence-corrected chi connectivity index (χ3v) is 2.62. The highest BCUT2D eigenvalue weighted by Crippen LogP contribution is 2.19. The Labute approximate surface area is 103 Å². The van der Waals surface area contributed by atoms with Crippen LogP contribution in [0, 0.1) is 0 Å². The lowest BCUT2D eigenvalue weighted by atomic mass is 10.1. The van der Waals surface area contributed by atoms with E-state index in [1.54, 1.807) is 26.0 Å². The van der Waals surface area contributed by atoms with Crippen molar-refractivity contribution in [3.8, 4) is 0 Å². The quantitative estimate of drug-likeness (QED) is 0.632.